The van der Waals surface area contributed by atoms with Crippen LogP contribution in [0.25, 0.3) is 11.0 Å². The first-order valence-corrected chi connectivity index (χ1v) is 7.92. The van der Waals surface area contributed by atoms with Gasteiger partial charge in [-0.15, -0.1) is 0 Å². The topological polar surface area (TPSA) is 137 Å². The summed E-state index contributed by atoms with van der Waals surface area (Å²) in [6.07, 6.45) is 6.16. The van der Waals surface area contributed by atoms with Crippen molar-refractivity contribution in [1.82, 2.24) is 19.9 Å². The average molecular weight is 338 g/mol. The number of anilines is 1. The standard InChI is InChI=1S/C16H18N8O/c17-4-1-14(25)23-6-3-11(7-18)13(8-23)24(9-19)16-12-2-5-20-15(12)21-10-22-16/h2,5,7,9-11,13,18-19H,1,3,6,8H2,(H,20,21,22)/t11-,13-/m0/s1. The number of aromatic nitrogens is 3. The number of nitrogens with one attached hydrogen (secondary N) is 3. The largest absolute Gasteiger partial charge is 0.346 e. The molecule has 1 fully saturated rings. The molecule has 0 saturated carbocycles. The van der Waals surface area contributed by atoms with E-state index < -0.39 is 0 Å². The number of aromatic amines is 1. The van der Waals surface area contributed by atoms with Gasteiger partial charge >= 0.3 is 0 Å². The summed E-state index contributed by atoms with van der Waals surface area (Å²) in [5, 5.41) is 25.1. The van der Waals surface area contributed by atoms with Gasteiger partial charge in [0.15, 0.2) is 0 Å². The Morgan fingerprint density at radius 1 is 1.52 bits per heavy atom. The maximum absolute atomic E-state index is 12.1. The lowest BCUT2D eigenvalue weighted by molar-refractivity contribution is -0.131. The number of carbonyl (C=O) groups is 1. The van der Waals surface area contributed by atoms with Crippen LogP contribution in [0.3, 0.4) is 0 Å². The van der Waals surface area contributed by atoms with Gasteiger partial charge in [-0.25, -0.2) is 9.97 Å². The molecule has 0 unspecified atom stereocenters. The van der Waals surface area contributed by atoms with Crippen molar-refractivity contribution >= 4 is 35.3 Å². The number of H-pyrrole nitrogens is 1. The van der Waals surface area contributed by atoms with E-state index in [9.17, 15) is 4.79 Å². The molecule has 0 aromatic carbocycles. The summed E-state index contributed by atoms with van der Waals surface area (Å²) in [6, 6.07) is 3.42. The normalized spacial score (nSPS) is 20.0. The van der Waals surface area contributed by atoms with Crippen LogP contribution in [0.1, 0.15) is 12.8 Å². The van der Waals surface area contributed by atoms with Crippen molar-refractivity contribution in [2.75, 3.05) is 18.0 Å². The highest BCUT2D eigenvalue weighted by Gasteiger charge is 2.35. The second kappa shape index (κ2) is 7.09. The highest BCUT2D eigenvalue weighted by atomic mass is 16.2. The Bertz CT molecular complexity index is 838. The third kappa shape index (κ3) is 3.06. The Morgan fingerprint density at radius 2 is 2.36 bits per heavy atom. The molecule has 2 aromatic heterocycles. The summed E-state index contributed by atoms with van der Waals surface area (Å²) in [4.78, 5) is 26.9. The zero-order valence-corrected chi connectivity index (χ0v) is 13.5. The minimum absolute atomic E-state index is 0.114. The van der Waals surface area contributed by atoms with Crippen molar-refractivity contribution in [1.29, 1.82) is 16.1 Å². The predicted molar refractivity (Wildman–Crippen MR) is 92.6 cm³/mol. The molecule has 9 heteroatoms. The van der Waals surface area contributed by atoms with Crippen molar-refractivity contribution in [3.05, 3.63) is 18.6 Å². The van der Waals surface area contributed by atoms with Crippen LogP contribution in [0, 0.1) is 28.1 Å². The molecule has 128 valence electrons. The van der Waals surface area contributed by atoms with E-state index in [2.05, 4.69) is 15.0 Å². The summed E-state index contributed by atoms with van der Waals surface area (Å²) in [6.45, 7) is 0.845. The van der Waals surface area contributed by atoms with Gasteiger partial charge in [-0.1, -0.05) is 0 Å². The molecule has 3 N–H and O–H groups in total. The third-order valence-electron chi connectivity index (χ3n) is 4.50. The first kappa shape index (κ1) is 16.6. The molecule has 3 heterocycles. The molecule has 0 aliphatic carbocycles. The molecule has 1 amide bonds. The van der Waals surface area contributed by atoms with Gasteiger partial charge in [0.05, 0.1) is 23.8 Å². The molecule has 0 spiro atoms. The number of likely N-dealkylation sites (tertiary alicyclic amines) is 1. The van der Waals surface area contributed by atoms with Gasteiger partial charge in [-0.3, -0.25) is 10.2 Å². The maximum atomic E-state index is 12.1. The van der Waals surface area contributed by atoms with E-state index >= 15 is 0 Å². The number of nitrogens with zero attached hydrogens (tertiary/aromatic N) is 5. The first-order chi connectivity index (χ1) is 12.2. The lowest BCUT2D eigenvalue weighted by Crippen LogP contribution is -2.54. The Morgan fingerprint density at radius 3 is 3.08 bits per heavy atom. The molecule has 2 atom stereocenters. The Kier molecular flexibility index (Phi) is 4.70. The fourth-order valence-electron chi connectivity index (χ4n) is 3.22. The van der Waals surface area contributed by atoms with Crippen LogP contribution >= 0.6 is 0 Å². The number of nitriles is 1. The lowest BCUT2D eigenvalue weighted by Gasteiger charge is -2.41. The molecule has 3 rings (SSSR count). The van der Waals surface area contributed by atoms with Gasteiger partial charge in [0.25, 0.3) is 0 Å². The minimum atomic E-state index is -0.292. The molecular weight excluding hydrogens is 320 g/mol. The van der Waals surface area contributed by atoms with Crippen molar-refractivity contribution in [2.45, 2.75) is 18.9 Å². The van der Waals surface area contributed by atoms with E-state index in [1.807, 2.05) is 12.1 Å². The van der Waals surface area contributed by atoms with Crippen LogP contribution in [-0.2, 0) is 4.79 Å². The Hall–Kier alpha value is -3.28. The molecule has 1 aliphatic heterocycles. The van der Waals surface area contributed by atoms with Crippen LogP contribution in [0.2, 0.25) is 0 Å². The maximum Gasteiger partial charge on any atom is 0.236 e. The smallest absolute Gasteiger partial charge is 0.236 e. The van der Waals surface area contributed by atoms with Crippen LogP contribution in [0.4, 0.5) is 5.82 Å². The van der Waals surface area contributed by atoms with Crippen molar-refractivity contribution < 1.29 is 4.79 Å². The van der Waals surface area contributed by atoms with Gasteiger partial charge in [0, 0.05) is 31.4 Å². The number of piperidine rings is 1. The summed E-state index contributed by atoms with van der Waals surface area (Å²) in [5.41, 5.74) is 0.663. The Balaban J connectivity index is 1.95. The summed E-state index contributed by atoms with van der Waals surface area (Å²) < 4.78 is 0. The molecule has 2 aromatic rings. The Labute approximate surface area is 144 Å². The SMILES string of the molecule is N#CCC(=O)N1CC[C@@H](C=N)[C@@H](N(C=N)c2ncnc3[nH]ccc23)C1. The molecule has 1 aliphatic rings. The number of fused-ring (bicyclic) bond motifs is 1. The minimum Gasteiger partial charge on any atom is -0.346 e. The molecule has 1 saturated heterocycles. The van der Waals surface area contributed by atoms with Crippen molar-refractivity contribution in [3.8, 4) is 6.07 Å². The zero-order valence-electron chi connectivity index (χ0n) is 13.5. The van der Waals surface area contributed by atoms with Gasteiger partial charge < -0.3 is 20.2 Å². The summed E-state index contributed by atoms with van der Waals surface area (Å²) in [5.74, 6) is 0.222. The summed E-state index contributed by atoms with van der Waals surface area (Å²) in [7, 11) is 0. The number of hydrogen-bond donors (Lipinski definition) is 3. The monoisotopic (exact) mass is 338 g/mol. The lowest BCUT2D eigenvalue weighted by atomic mass is 9.91. The van der Waals surface area contributed by atoms with Gasteiger partial charge in [0.1, 0.15) is 24.2 Å². The molecule has 0 bridgehead atoms. The average Bonchev–Trinajstić information content (AvgIpc) is 3.12. The number of hydrogen-bond acceptors (Lipinski definition) is 6. The highest BCUT2D eigenvalue weighted by molar-refractivity contribution is 5.94. The second-order valence-corrected chi connectivity index (χ2v) is 5.83. The fourth-order valence-corrected chi connectivity index (χ4v) is 3.22. The van der Waals surface area contributed by atoms with Crippen LogP contribution in [-0.4, -0.2) is 57.4 Å². The van der Waals surface area contributed by atoms with Crippen molar-refractivity contribution in [3.63, 3.8) is 0 Å². The number of carbonyl (C=O) groups excluding carboxylic acids is 1. The molecule has 25 heavy (non-hydrogen) atoms. The van der Waals surface area contributed by atoms with E-state index in [1.165, 1.54) is 18.9 Å². The third-order valence-corrected chi connectivity index (χ3v) is 4.50. The highest BCUT2D eigenvalue weighted by Crippen LogP contribution is 2.28. The van der Waals surface area contributed by atoms with Gasteiger partial charge in [-0.2, -0.15) is 5.26 Å². The number of amides is 1. The van der Waals surface area contributed by atoms with E-state index in [1.54, 1.807) is 16.0 Å². The molecule has 0 radical (unpaired) electrons. The summed E-state index contributed by atoms with van der Waals surface area (Å²) >= 11 is 0. The predicted octanol–water partition coefficient (Wildman–Crippen LogP) is 1.15. The quantitative estimate of drug-likeness (QED) is 0.555. The molecular formula is C16H18N8O. The van der Waals surface area contributed by atoms with Gasteiger partial charge in [0.2, 0.25) is 5.91 Å². The zero-order chi connectivity index (χ0) is 17.8. The van der Waals surface area contributed by atoms with Crippen LogP contribution in [0.5, 0.6) is 0 Å². The second-order valence-electron chi connectivity index (χ2n) is 5.83. The first-order valence-electron chi connectivity index (χ1n) is 7.92. The van der Waals surface area contributed by atoms with E-state index in [0.717, 1.165) is 5.39 Å². The van der Waals surface area contributed by atoms with E-state index in [4.69, 9.17) is 16.1 Å². The molecule has 9 nitrogen and oxygen atoms in total. The van der Waals surface area contributed by atoms with E-state index in [0.29, 0.717) is 31.0 Å². The van der Waals surface area contributed by atoms with Crippen molar-refractivity contribution in [2.24, 2.45) is 5.92 Å². The van der Waals surface area contributed by atoms with Gasteiger partial charge in [-0.05, 0) is 12.5 Å². The van der Waals surface area contributed by atoms with Crippen LogP contribution < -0.4 is 4.90 Å². The fraction of sp³-hybridized carbons (Fsp3) is 0.375. The number of rotatable bonds is 5. The van der Waals surface area contributed by atoms with Crippen LogP contribution in [0.15, 0.2) is 18.6 Å². The van der Waals surface area contributed by atoms with E-state index in [-0.39, 0.29) is 24.3 Å².